The summed E-state index contributed by atoms with van der Waals surface area (Å²) in [4.78, 5) is 0. The third-order valence-electron chi connectivity index (χ3n) is 2.10. The van der Waals surface area contributed by atoms with Crippen LogP contribution in [0, 0.1) is 5.82 Å². The van der Waals surface area contributed by atoms with Crippen molar-refractivity contribution in [2.24, 2.45) is 0 Å². The molecule has 4 nitrogen and oxygen atoms in total. The number of hydrogen-bond acceptors (Lipinski definition) is 4. The van der Waals surface area contributed by atoms with E-state index in [1.165, 1.54) is 0 Å². The van der Waals surface area contributed by atoms with Crippen LogP contribution >= 0.6 is 0 Å². The van der Waals surface area contributed by atoms with Gasteiger partial charge in [0, 0.05) is 12.2 Å². The van der Waals surface area contributed by atoms with Crippen LogP contribution in [-0.4, -0.2) is 33.1 Å². The Balaban J connectivity index is 2.89. The van der Waals surface area contributed by atoms with Crippen LogP contribution in [0.1, 0.15) is 18.1 Å². The average Bonchev–Trinajstić information content (AvgIpc) is 2.21. The topological polar surface area (TPSA) is 80.9 Å². The SMILES string of the molecule is OCCC(O)C(O)c1cc(F)ccc1O. The van der Waals surface area contributed by atoms with Crippen molar-refractivity contribution >= 4 is 0 Å². The third-order valence-corrected chi connectivity index (χ3v) is 2.10. The average molecular weight is 216 g/mol. The van der Waals surface area contributed by atoms with E-state index in [0.29, 0.717) is 0 Å². The van der Waals surface area contributed by atoms with Gasteiger partial charge in [-0.25, -0.2) is 4.39 Å². The van der Waals surface area contributed by atoms with Gasteiger partial charge >= 0.3 is 0 Å². The molecule has 2 unspecified atom stereocenters. The molecule has 0 aromatic heterocycles. The van der Waals surface area contributed by atoms with Crippen molar-refractivity contribution in [2.45, 2.75) is 18.6 Å². The zero-order valence-electron chi connectivity index (χ0n) is 7.97. The maximum atomic E-state index is 12.8. The summed E-state index contributed by atoms with van der Waals surface area (Å²) in [5, 5.41) is 36.8. The van der Waals surface area contributed by atoms with Gasteiger partial charge in [-0.2, -0.15) is 0 Å². The molecule has 0 bridgehead atoms. The Morgan fingerprint density at radius 2 is 1.93 bits per heavy atom. The number of rotatable bonds is 4. The molecule has 5 heteroatoms. The van der Waals surface area contributed by atoms with Crippen LogP contribution in [-0.2, 0) is 0 Å². The molecule has 0 fully saturated rings. The molecule has 0 heterocycles. The second kappa shape index (κ2) is 5.06. The smallest absolute Gasteiger partial charge is 0.123 e. The summed E-state index contributed by atoms with van der Waals surface area (Å²) in [6, 6.07) is 3.09. The highest BCUT2D eigenvalue weighted by atomic mass is 19.1. The Bertz CT molecular complexity index is 329. The number of aliphatic hydroxyl groups is 3. The van der Waals surface area contributed by atoms with Crippen LogP contribution in [0.25, 0.3) is 0 Å². The van der Waals surface area contributed by atoms with Crippen LogP contribution in [0.15, 0.2) is 18.2 Å². The largest absolute Gasteiger partial charge is 0.508 e. The van der Waals surface area contributed by atoms with Crippen molar-refractivity contribution in [1.82, 2.24) is 0 Å². The number of phenolic OH excluding ortho intramolecular Hbond substituents is 1. The van der Waals surface area contributed by atoms with Gasteiger partial charge in [-0.05, 0) is 24.6 Å². The van der Waals surface area contributed by atoms with Gasteiger partial charge in [0.15, 0.2) is 0 Å². The first-order valence-electron chi connectivity index (χ1n) is 4.51. The molecule has 0 aliphatic rings. The number of halogens is 1. The maximum Gasteiger partial charge on any atom is 0.123 e. The first-order chi connectivity index (χ1) is 7.06. The fraction of sp³-hybridized carbons (Fsp3) is 0.400. The van der Waals surface area contributed by atoms with Gasteiger partial charge in [0.25, 0.3) is 0 Å². The van der Waals surface area contributed by atoms with Crippen molar-refractivity contribution in [1.29, 1.82) is 0 Å². The minimum atomic E-state index is -1.41. The second-order valence-electron chi connectivity index (χ2n) is 3.23. The molecular weight excluding hydrogens is 203 g/mol. The van der Waals surface area contributed by atoms with Gasteiger partial charge < -0.3 is 20.4 Å². The summed E-state index contributed by atoms with van der Waals surface area (Å²) in [6.07, 6.45) is -2.69. The number of benzene rings is 1. The molecule has 1 aromatic carbocycles. The third kappa shape index (κ3) is 2.89. The minimum Gasteiger partial charge on any atom is -0.508 e. The molecular formula is C10H13FO4. The molecule has 15 heavy (non-hydrogen) atoms. The lowest BCUT2D eigenvalue weighted by atomic mass is 10.0. The molecule has 0 radical (unpaired) electrons. The van der Waals surface area contributed by atoms with Gasteiger partial charge in [-0.1, -0.05) is 0 Å². The number of hydrogen-bond donors (Lipinski definition) is 4. The first-order valence-corrected chi connectivity index (χ1v) is 4.51. The van der Waals surface area contributed by atoms with E-state index in [-0.39, 0.29) is 24.3 Å². The summed E-state index contributed by atoms with van der Waals surface area (Å²) < 4.78 is 12.8. The molecule has 0 amide bonds. The molecule has 1 rings (SSSR count). The van der Waals surface area contributed by atoms with Gasteiger partial charge in [0.2, 0.25) is 0 Å². The van der Waals surface area contributed by atoms with E-state index in [0.717, 1.165) is 18.2 Å². The van der Waals surface area contributed by atoms with Crippen LogP contribution in [0.4, 0.5) is 4.39 Å². The maximum absolute atomic E-state index is 12.8. The molecule has 1 aromatic rings. The van der Waals surface area contributed by atoms with Crippen molar-refractivity contribution in [3.8, 4) is 5.75 Å². The van der Waals surface area contributed by atoms with Crippen molar-refractivity contribution in [3.63, 3.8) is 0 Å². The standard InChI is InChI=1S/C10H13FO4/c11-6-1-2-8(13)7(5-6)10(15)9(14)3-4-12/h1-2,5,9-10,12-15H,3-4H2. The molecule has 0 saturated heterocycles. The molecule has 0 aliphatic heterocycles. The minimum absolute atomic E-state index is 0.0445. The van der Waals surface area contributed by atoms with Crippen molar-refractivity contribution in [2.75, 3.05) is 6.61 Å². The summed E-state index contributed by atoms with van der Waals surface area (Å²) in [6.45, 7) is -0.297. The zero-order valence-corrected chi connectivity index (χ0v) is 7.97. The van der Waals surface area contributed by atoms with Crippen molar-refractivity contribution in [3.05, 3.63) is 29.6 Å². The van der Waals surface area contributed by atoms with E-state index in [4.69, 9.17) is 5.11 Å². The molecule has 0 spiro atoms. The van der Waals surface area contributed by atoms with Gasteiger partial charge in [0.05, 0.1) is 6.10 Å². The highest BCUT2D eigenvalue weighted by Gasteiger charge is 2.21. The van der Waals surface area contributed by atoms with Gasteiger partial charge in [-0.15, -0.1) is 0 Å². The molecule has 84 valence electrons. The normalized spacial score (nSPS) is 14.9. The molecule has 4 N–H and O–H groups in total. The summed E-state index contributed by atoms with van der Waals surface area (Å²) in [5.74, 6) is -0.904. The Kier molecular flexibility index (Phi) is 4.02. The lowest BCUT2D eigenvalue weighted by Gasteiger charge is -2.18. The highest BCUT2D eigenvalue weighted by Crippen LogP contribution is 2.27. The van der Waals surface area contributed by atoms with Crippen LogP contribution in [0.2, 0.25) is 0 Å². The Labute approximate surface area is 86.2 Å². The lowest BCUT2D eigenvalue weighted by Crippen LogP contribution is -2.19. The Hall–Kier alpha value is -1.17. The lowest BCUT2D eigenvalue weighted by molar-refractivity contribution is 0.00290. The van der Waals surface area contributed by atoms with Crippen LogP contribution < -0.4 is 0 Å². The summed E-state index contributed by atoms with van der Waals surface area (Å²) in [5.41, 5.74) is -0.0871. The van der Waals surface area contributed by atoms with E-state index in [2.05, 4.69) is 0 Å². The predicted molar refractivity (Wildman–Crippen MR) is 50.7 cm³/mol. The monoisotopic (exact) mass is 216 g/mol. The van der Waals surface area contributed by atoms with Crippen molar-refractivity contribution < 1.29 is 24.8 Å². The molecule has 0 saturated carbocycles. The van der Waals surface area contributed by atoms with E-state index >= 15 is 0 Å². The quantitative estimate of drug-likeness (QED) is 0.584. The fourth-order valence-corrected chi connectivity index (χ4v) is 1.26. The molecule has 2 atom stereocenters. The highest BCUT2D eigenvalue weighted by molar-refractivity contribution is 5.34. The van der Waals surface area contributed by atoms with Gasteiger partial charge in [0.1, 0.15) is 17.7 Å². The number of aromatic hydroxyl groups is 1. The first kappa shape index (κ1) is 11.9. The van der Waals surface area contributed by atoms with E-state index in [9.17, 15) is 19.7 Å². The summed E-state index contributed by atoms with van der Waals surface area (Å²) >= 11 is 0. The van der Waals surface area contributed by atoms with E-state index < -0.39 is 18.0 Å². The summed E-state index contributed by atoms with van der Waals surface area (Å²) in [7, 11) is 0. The van der Waals surface area contributed by atoms with E-state index in [1.807, 2.05) is 0 Å². The fourth-order valence-electron chi connectivity index (χ4n) is 1.26. The van der Waals surface area contributed by atoms with Crippen LogP contribution in [0.3, 0.4) is 0 Å². The predicted octanol–water partition coefficient (Wildman–Crippen LogP) is 0.308. The van der Waals surface area contributed by atoms with E-state index in [1.54, 1.807) is 0 Å². The Morgan fingerprint density at radius 1 is 1.27 bits per heavy atom. The second-order valence-corrected chi connectivity index (χ2v) is 3.23. The molecule has 0 aliphatic carbocycles. The Morgan fingerprint density at radius 3 is 2.53 bits per heavy atom. The number of aliphatic hydroxyl groups excluding tert-OH is 3. The van der Waals surface area contributed by atoms with Gasteiger partial charge in [-0.3, -0.25) is 0 Å². The number of phenols is 1. The van der Waals surface area contributed by atoms with Crippen LogP contribution in [0.5, 0.6) is 5.75 Å². The zero-order chi connectivity index (χ0) is 11.4.